The predicted octanol–water partition coefficient (Wildman–Crippen LogP) is 3.35. The zero-order valence-corrected chi connectivity index (χ0v) is 12.6. The molecule has 0 saturated carbocycles. The van der Waals surface area contributed by atoms with Crippen molar-refractivity contribution in [3.63, 3.8) is 0 Å². The Morgan fingerprint density at radius 2 is 1.95 bits per heavy atom. The highest BCUT2D eigenvalue weighted by Gasteiger charge is 2.06. The molecule has 6 heteroatoms. The molecule has 2 heterocycles. The molecule has 22 heavy (non-hydrogen) atoms. The molecule has 0 bridgehead atoms. The van der Waals surface area contributed by atoms with Crippen molar-refractivity contribution in [2.24, 2.45) is 0 Å². The van der Waals surface area contributed by atoms with Crippen molar-refractivity contribution in [1.29, 1.82) is 0 Å². The van der Waals surface area contributed by atoms with E-state index in [4.69, 9.17) is 16.3 Å². The molecule has 0 unspecified atom stereocenters. The third kappa shape index (κ3) is 3.04. The summed E-state index contributed by atoms with van der Waals surface area (Å²) in [6.07, 6.45) is 3.66. The predicted molar refractivity (Wildman–Crippen MR) is 82.3 cm³/mol. The summed E-state index contributed by atoms with van der Waals surface area (Å²) >= 11 is 5.94. The van der Waals surface area contributed by atoms with Gasteiger partial charge in [-0.2, -0.15) is 0 Å². The molecule has 0 radical (unpaired) electrons. The Labute approximate surface area is 132 Å². The zero-order valence-electron chi connectivity index (χ0n) is 11.8. The van der Waals surface area contributed by atoms with Crippen LogP contribution in [0, 0.1) is 0 Å². The summed E-state index contributed by atoms with van der Waals surface area (Å²) in [4.78, 5) is 15.8. The average Bonchev–Trinajstić information content (AvgIpc) is 2.94. The minimum Gasteiger partial charge on any atom is -0.487 e. The van der Waals surface area contributed by atoms with Crippen molar-refractivity contribution in [2.75, 3.05) is 7.11 Å². The van der Waals surface area contributed by atoms with Crippen molar-refractivity contribution >= 4 is 23.2 Å². The molecule has 0 saturated heterocycles. The third-order valence-electron chi connectivity index (χ3n) is 3.13. The summed E-state index contributed by atoms with van der Waals surface area (Å²) in [5.41, 5.74) is 2.08. The number of rotatable bonds is 4. The van der Waals surface area contributed by atoms with Crippen LogP contribution in [0.25, 0.3) is 5.65 Å². The molecule has 0 aliphatic rings. The van der Waals surface area contributed by atoms with E-state index >= 15 is 0 Å². The van der Waals surface area contributed by atoms with Crippen LogP contribution >= 0.6 is 11.6 Å². The SMILES string of the molecule is COC(=O)c1ccc(OCc2cn3cc(Cl)ccc3n2)cc1. The molecular formula is C16H13ClN2O3. The van der Waals surface area contributed by atoms with Gasteiger partial charge in [-0.15, -0.1) is 0 Å². The molecule has 0 aliphatic heterocycles. The Bertz CT molecular complexity index is 812. The van der Waals surface area contributed by atoms with Gasteiger partial charge in [0.25, 0.3) is 0 Å². The number of pyridine rings is 1. The van der Waals surface area contributed by atoms with E-state index in [2.05, 4.69) is 9.72 Å². The number of nitrogens with zero attached hydrogens (tertiary/aromatic N) is 2. The van der Waals surface area contributed by atoms with Crippen molar-refractivity contribution in [2.45, 2.75) is 6.61 Å². The number of carbonyl (C=O) groups is 1. The Hall–Kier alpha value is -2.53. The Morgan fingerprint density at radius 1 is 1.18 bits per heavy atom. The second-order valence-corrected chi connectivity index (χ2v) is 5.09. The van der Waals surface area contributed by atoms with Crippen LogP contribution in [0.2, 0.25) is 5.02 Å². The van der Waals surface area contributed by atoms with Gasteiger partial charge in [0, 0.05) is 12.4 Å². The summed E-state index contributed by atoms with van der Waals surface area (Å²) in [6, 6.07) is 10.4. The van der Waals surface area contributed by atoms with Crippen LogP contribution in [-0.4, -0.2) is 22.5 Å². The number of aromatic nitrogens is 2. The molecule has 0 aliphatic carbocycles. The Morgan fingerprint density at radius 3 is 2.68 bits per heavy atom. The van der Waals surface area contributed by atoms with E-state index < -0.39 is 0 Å². The summed E-state index contributed by atoms with van der Waals surface area (Å²) in [5, 5.41) is 0.649. The third-order valence-corrected chi connectivity index (χ3v) is 3.35. The maximum Gasteiger partial charge on any atom is 0.337 e. The number of benzene rings is 1. The second kappa shape index (κ2) is 6.07. The van der Waals surface area contributed by atoms with E-state index in [1.807, 2.05) is 16.7 Å². The highest BCUT2D eigenvalue weighted by Crippen LogP contribution is 2.16. The van der Waals surface area contributed by atoms with Crippen LogP contribution in [-0.2, 0) is 11.3 Å². The lowest BCUT2D eigenvalue weighted by molar-refractivity contribution is 0.0600. The molecule has 112 valence electrons. The van der Waals surface area contributed by atoms with Crippen LogP contribution in [0.3, 0.4) is 0 Å². The standard InChI is InChI=1S/C16H13ClN2O3/c1-21-16(20)11-2-5-14(6-3-11)22-10-13-9-19-8-12(17)4-7-15(19)18-13/h2-9H,10H2,1H3. The summed E-state index contributed by atoms with van der Waals surface area (Å²) in [6.45, 7) is 0.330. The Kier molecular flexibility index (Phi) is 3.98. The maximum atomic E-state index is 11.3. The van der Waals surface area contributed by atoms with Gasteiger partial charge in [0.2, 0.25) is 0 Å². The fourth-order valence-corrected chi connectivity index (χ4v) is 2.22. The van der Waals surface area contributed by atoms with E-state index in [9.17, 15) is 4.79 Å². The monoisotopic (exact) mass is 316 g/mol. The summed E-state index contributed by atoms with van der Waals surface area (Å²) in [7, 11) is 1.35. The van der Waals surface area contributed by atoms with Gasteiger partial charge in [-0.05, 0) is 36.4 Å². The lowest BCUT2D eigenvalue weighted by Crippen LogP contribution is -2.01. The first-order chi connectivity index (χ1) is 10.7. The van der Waals surface area contributed by atoms with Gasteiger partial charge in [0.05, 0.1) is 23.4 Å². The number of hydrogen-bond acceptors (Lipinski definition) is 4. The number of methoxy groups -OCH3 is 1. The average molecular weight is 317 g/mol. The minimum atomic E-state index is -0.372. The van der Waals surface area contributed by atoms with Gasteiger partial charge in [-0.25, -0.2) is 9.78 Å². The van der Waals surface area contributed by atoms with Crippen molar-refractivity contribution < 1.29 is 14.3 Å². The number of hydrogen-bond donors (Lipinski definition) is 0. The van der Waals surface area contributed by atoms with E-state index in [0.717, 1.165) is 11.3 Å². The highest BCUT2D eigenvalue weighted by atomic mass is 35.5. The molecule has 3 rings (SSSR count). The molecule has 0 atom stereocenters. The zero-order chi connectivity index (χ0) is 15.5. The second-order valence-electron chi connectivity index (χ2n) is 4.65. The molecule has 0 spiro atoms. The number of imidazole rings is 1. The summed E-state index contributed by atoms with van der Waals surface area (Å²) in [5.74, 6) is 0.284. The molecule has 0 N–H and O–H groups in total. The minimum absolute atomic E-state index is 0.330. The van der Waals surface area contributed by atoms with Gasteiger partial charge in [-0.1, -0.05) is 11.6 Å². The van der Waals surface area contributed by atoms with Crippen LogP contribution < -0.4 is 4.74 Å². The van der Waals surface area contributed by atoms with Gasteiger partial charge >= 0.3 is 5.97 Å². The van der Waals surface area contributed by atoms with E-state index in [-0.39, 0.29) is 5.97 Å². The van der Waals surface area contributed by atoms with Crippen LogP contribution in [0.4, 0.5) is 0 Å². The molecule has 0 fully saturated rings. The molecule has 2 aromatic heterocycles. The largest absolute Gasteiger partial charge is 0.487 e. The van der Waals surface area contributed by atoms with E-state index in [0.29, 0.717) is 22.9 Å². The van der Waals surface area contributed by atoms with Gasteiger partial charge in [0.1, 0.15) is 18.0 Å². The highest BCUT2D eigenvalue weighted by molar-refractivity contribution is 6.30. The number of carbonyl (C=O) groups excluding carboxylic acids is 1. The smallest absolute Gasteiger partial charge is 0.337 e. The van der Waals surface area contributed by atoms with Crippen molar-refractivity contribution in [1.82, 2.24) is 9.38 Å². The van der Waals surface area contributed by atoms with Crippen LogP contribution in [0.1, 0.15) is 16.1 Å². The van der Waals surface area contributed by atoms with Crippen molar-refractivity contribution in [3.8, 4) is 5.75 Å². The lowest BCUT2D eigenvalue weighted by Gasteiger charge is -2.04. The molecular weight excluding hydrogens is 304 g/mol. The first-order valence-electron chi connectivity index (χ1n) is 6.60. The fourth-order valence-electron chi connectivity index (χ4n) is 2.05. The fraction of sp³-hybridized carbons (Fsp3) is 0.125. The van der Waals surface area contributed by atoms with E-state index in [1.165, 1.54) is 7.11 Å². The molecule has 3 aromatic rings. The van der Waals surface area contributed by atoms with Gasteiger partial charge < -0.3 is 13.9 Å². The van der Waals surface area contributed by atoms with Gasteiger partial charge in [-0.3, -0.25) is 0 Å². The first-order valence-corrected chi connectivity index (χ1v) is 6.98. The maximum absolute atomic E-state index is 11.3. The quantitative estimate of drug-likeness (QED) is 0.693. The number of esters is 1. The van der Waals surface area contributed by atoms with Crippen LogP contribution in [0.5, 0.6) is 5.75 Å². The first kappa shape index (κ1) is 14.4. The number of ether oxygens (including phenoxy) is 2. The number of halogens is 1. The topological polar surface area (TPSA) is 52.8 Å². The molecule has 0 amide bonds. The summed E-state index contributed by atoms with van der Waals surface area (Å²) < 4.78 is 12.2. The van der Waals surface area contributed by atoms with Crippen molar-refractivity contribution in [3.05, 3.63) is 65.1 Å². The van der Waals surface area contributed by atoms with Crippen LogP contribution in [0.15, 0.2) is 48.8 Å². The lowest BCUT2D eigenvalue weighted by atomic mass is 10.2. The van der Waals surface area contributed by atoms with Gasteiger partial charge in [0.15, 0.2) is 0 Å². The molecule has 1 aromatic carbocycles. The molecule has 5 nitrogen and oxygen atoms in total. The Balaban J connectivity index is 1.69. The van der Waals surface area contributed by atoms with E-state index in [1.54, 1.807) is 36.5 Å². The normalized spacial score (nSPS) is 10.6. The number of fused-ring (bicyclic) bond motifs is 1.